The molecule has 3 rings (SSSR count). The van der Waals surface area contributed by atoms with Crippen molar-refractivity contribution in [3.05, 3.63) is 71.4 Å². The summed E-state index contributed by atoms with van der Waals surface area (Å²) in [4.78, 5) is 16.4. The highest BCUT2D eigenvalue weighted by Crippen LogP contribution is 2.36. The van der Waals surface area contributed by atoms with Gasteiger partial charge in [-0.15, -0.1) is 0 Å². The van der Waals surface area contributed by atoms with Crippen LogP contribution in [0.2, 0.25) is 0 Å². The molecule has 1 N–H and O–H groups in total. The van der Waals surface area contributed by atoms with E-state index in [1.807, 2.05) is 24.3 Å². The Hall–Kier alpha value is -3.39. The van der Waals surface area contributed by atoms with Crippen molar-refractivity contribution in [1.82, 2.24) is 10.4 Å². The van der Waals surface area contributed by atoms with Gasteiger partial charge in [-0.05, 0) is 45.8 Å². The van der Waals surface area contributed by atoms with E-state index in [4.69, 9.17) is 14.2 Å². The molecule has 0 atom stereocenters. The lowest BCUT2D eigenvalue weighted by atomic mass is 10.2. The summed E-state index contributed by atoms with van der Waals surface area (Å²) in [5.74, 6) is 1.24. The first-order chi connectivity index (χ1) is 14.6. The number of methoxy groups -OCH3 is 1. The second kappa shape index (κ2) is 10.4. The third kappa shape index (κ3) is 5.36. The number of rotatable bonds is 9. The van der Waals surface area contributed by atoms with Crippen molar-refractivity contribution < 1.29 is 19.0 Å². The molecule has 8 heteroatoms. The first-order valence-electron chi connectivity index (χ1n) is 9.02. The first-order valence-corrected chi connectivity index (χ1v) is 9.81. The molecule has 3 aromatic rings. The summed E-state index contributed by atoms with van der Waals surface area (Å²) in [7, 11) is 1.55. The largest absolute Gasteiger partial charge is 0.493 e. The molecule has 0 unspecified atom stereocenters. The zero-order chi connectivity index (χ0) is 21.3. The highest BCUT2D eigenvalue weighted by Gasteiger charge is 2.11. The van der Waals surface area contributed by atoms with E-state index in [0.717, 1.165) is 5.39 Å². The second-order valence-corrected chi connectivity index (χ2v) is 6.90. The minimum Gasteiger partial charge on any atom is -0.493 e. The number of halogens is 1. The number of carbonyl (C=O) groups is 1. The lowest BCUT2D eigenvalue weighted by Gasteiger charge is -2.12. The number of para-hydroxylation sites is 1. The van der Waals surface area contributed by atoms with Gasteiger partial charge in [0.15, 0.2) is 18.1 Å². The zero-order valence-electron chi connectivity index (χ0n) is 16.3. The first kappa shape index (κ1) is 21.3. The van der Waals surface area contributed by atoms with E-state index >= 15 is 0 Å². The maximum Gasteiger partial charge on any atom is 0.277 e. The predicted octanol–water partition coefficient (Wildman–Crippen LogP) is 4.10. The predicted molar refractivity (Wildman–Crippen MR) is 119 cm³/mol. The fourth-order valence-electron chi connectivity index (χ4n) is 2.64. The van der Waals surface area contributed by atoms with Crippen LogP contribution < -0.4 is 19.6 Å². The highest BCUT2D eigenvalue weighted by molar-refractivity contribution is 9.10. The topological polar surface area (TPSA) is 82.0 Å². The van der Waals surface area contributed by atoms with Crippen molar-refractivity contribution in [3.63, 3.8) is 0 Å². The van der Waals surface area contributed by atoms with Gasteiger partial charge in [0.2, 0.25) is 0 Å². The van der Waals surface area contributed by atoms with Crippen molar-refractivity contribution in [1.29, 1.82) is 0 Å². The van der Waals surface area contributed by atoms with Crippen LogP contribution in [0.15, 0.2) is 70.9 Å². The molecule has 7 nitrogen and oxygen atoms in total. The summed E-state index contributed by atoms with van der Waals surface area (Å²) in [6.45, 7) is 3.79. The molecule has 1 amide bonds. The maximum absolute atomic E-state index is 12.1. The van der Waals surface area contributed by atoms with Crippen LogP contribution in [-0.2, 0) is 4.79 Å². The van der Waals surface area contributed by atoms with Crippen molar-refractivity contribution in [2.24, 2.45) is 5.10 Å². The molecule has 0 saturated heterocycles. The molecule has 0 aliphatic rings. The van der Waals surface area contributed by atoms with Crippen molar-refractivity contribution in [2.75, 3.05) is 20.3 Å². The van der Waals surface area contributed by atoms with E-state index in [1.54, 1.807) is 37.6 Å². The van der Waals surface area contributed by atoms with Gasteiger partial charge in [-0.3, -0.25) is 9.78 Å². The average Bonchev–Trinajstić information content (AvgIpc) is 2.76. The van der Waals surface area contributed by atoms with Gasteiger partial charge in [-0.25, -0.2) is 5.43 Å². The van der Waals surface area contributed by atoms with Crippen molar-refractivity contribution in [3.8, 4) is 17.2 Å². The second-order valence-electron chi connectivity index (χ2n) is 6.05. The molecule has 0 radical (unpaired) electrons. The van der Waals surface area contributed by atoms with E-state index in [2.05, 4.69) is 38.0 Å². The summed E-state index contributed by atoms with van der Waals surface area (Å²) in [5, 5.41) is 4.91. The zero-order valence-corrected chi connectivity index (χ0v) is 17.9. The highest BCUT2D eigenvalue weighted by atomic mass is 79.9. The summed E-state index contributed by atoms with van der Waals surface area (Å²) >= 11 is 3.45. The summed E-state index contributed by atoms with van der Waals surface area (Å²) in [5.41, 5.74) is 3.85. The molecule has 0 fully saturated rings. The minimum absolute atomic E-state index is 0.186. The third-order valence-corrected chi connectivity index (χ3v) is 4.54. The Balaban J connectivity index is 1.60. The normalized spacial score (nSPS) is 10.7. The summed E-state index contributed by atoms with van der Waals surface area (Å²) < 4.78 is 17.2. The molecule has 0 aliphatic carbocycles. The number of pyridine rings is 1. The van der Waals surface area contributed by atoms with Gasteiger partial charge in [0, 0.05) is 11.6 Å². The quantitative estimate of drug-likeness (QED) is 0.289. The van der Waals surface area contributed by atoms with E-state index in [9.17, 15) is 4.79 Å². The molecular formula is C22H20BrN3O4. The Morgan fingerprint density at radius 2 is 2.07 bits per heavy atom. The lowest BCUT2D eigenvalue weighted by molar-refractivity contribution is -0.123. The SMILES string of the molecule is C=CCOc1c(Br)cc(/C=N/NC(=O)COc2cccc3cccnc23)cc1OC. The molecule has 1 heterocycles. The van der Waals surface area contributed by atoms with E-state index < -0.39 is 5.91 Å². The number of hydrogen-bond acceptors (Lipinski definition) is 6. The lowest BCUT2D eigenvalue weighted by Crippen LogP contribution is -2.24. The number of benzene rings is 2. The van der Waals surface area contributed by atoms with Crippen LogP contribution in [0.4, 0.5) is 0 Å². The molecule has 2 aromatic carbocycles. The average molecular weight is 470 g/mol. The van der Waals surface area contributed by atoms with Gasteiger partial charge in [-0.2, -0.15) is 5.10 Å². The Morgan fingerprint density at radius 3 is 2.87 bits per heavy atom. The number of hydrazone groups is 1. The number of fused-ring (bicyclic) bond motifs is 1. The Bertz CT molecular complexity index is 1080. The van der Waals surface area contributed by atoms with Gasteiger partial charge >= 0.3 is 0 Å². The van der Waals surface area contributed by atoms with Gasteiger partial charge in [0.25, 0.3) is 5.91 Å². The number of hydrogen-bond donors (Lipinski definition) is 1. The van der Waals surface area contributed by atoms with Crippen LogP contribution in [0.3, 0.4) is 0 Å². The van der Waals surface area contributed by atoms with Crippen LogP contribution in [0.5, 0.6) is 17.2 Å². The van der Waals surface area contributed by atoms with Crippen LogP contribution in [-0.4, -0.2) is 37.4 Å². The maximum atomic E-state index is 12.1. The van der Waals surface area contributed by atoms with Gasteiger partial charge in [0.05, 0.1) is 17.8 Å². The van der Waals surface area contributed by atoms with E-state index in [0.29, 0.717) is 39.4 Å². The van der Waals surface area contributed by atoms with Gasteiger partial charge in [-0.1, -0.05) is 30.9 Å². The van der Waals surface area contributed by atoms with Crippen molar-refractivity contribution in [2.45, 2.75) is 0 Å². The number of nitrogens with zero attached hydrogens (tertiary/aromatic N) is 2. The fraction of sp³-hybridized carbons (Fsp3) is 0.136. The number of nitrogens with one attached hydrogen (secondary N) is 1. The Kier molecular flexibility index (Phi) is 7.40. The molecule has 1 aromatic heterocycles. The van der Waals surface area contributed by atoms with Gasteiger partial charge < -0.3 is 14.2 Å². The van der Waals surface area contributed by atoms with Gasteiger partial charge in [0.1, 0.15) is 17.9 Å². The molecular weight excluding hydrogens is 450 g/mol. The molecule has 154 valence electrons. The molecule has 0 bridgehead atoms. The van der Waals surface area contributed by atoms with Crippen LogP contribution in [0, 0.1) is 0 Å². The summed E-state index contributed by atoms with van der Waals surface area (Å²) in [6.07, 6.45) is 4.83. The smallest absolute Gasteiger partial charge is 0.277 e. The van der Waals surface area contributed by atoms with E-state index in [1.165, 1.54) is 6.21 Å². The van der Waals surface area contributed by atoms with Crippen LogP contribution >= 0.6 is 15.9 Å². The standard InChI is InChI=1S/C22H20BrN3O4/c1-3-10-29-22-17(23)11-15(12-19(22)28-2)13-25-26-20(27)14-30-18-8-4-6-16-7-5-9-24-21(16)18/h3-9,11-13H,1,10,14H2,2H3,(H,26,27)/b25-13+. The number of ether oxygens (including phenoxy) is 3. The number of aromatic nitrogens is 1. The molecule has 0 saturated carbocycles. The Labute approximate surface area is 182 Å². The van der Waals surface area contributed by atoms with Crippen LogP contribution in [0.25, 0.3) is 10.9 Å². The molecule has 30 heavy (non-hydrogen) atoms. The molecule has 0 aliphatic heterocycles. The minimum atomic E-state index is -0.392. The van der Waals surface area contributed by atoms with Crippen molar-refractivity contribution >= 4 is 39.0 Å². The van der Waals surface area contributed by atoms with Crippen LogP contribution in [0.1, 0.15) is 5.56 Å². The monoisotopic (exact) mass is 469 g/mol. The number of carbonyl (C=O) groups excluding carboxylic acids is 1. The molecule has 0 spiro atoms. The Morgan fingerprint density at radius 1 is 1.23 bits per heavy atom. The fourth-order valence-corrected chi connectivity index (χ4v) is 3.22. The number of amides is 1. The van der Waals surface area contributed by atoms with E-state index in [-0.39, 0.29) is 6.61 Å². The summed E-state index contributed by atoms with van der Waals surface area (Å²) in [6, 6.07) is 12.9. The third-order valence-electron chi connectivity index (χ3n) is 3.95.